The van der Waals surface area contributed by atoms with E-state index in [9.17, 15) is 0 Å². The van der Waals surface area contributed by atoms with Crippen LogP contribution in [0, 0.1) is 0 Å². The van der Waals surface area contributed by atoms with Gasteiger partial charge < -0.3 is 10.3 Å². The van der Waals surface area contributed by atoms with Crippen LogP contribution in [0.3, 0.4) is 0 Å². The summed E-state index contributed by atoms with van der Waals surface area (Å²) >= 11 is 0. The van der Waals surface area contributed by atoms with Crippen LogP contribution < -0.4 is 5.73 Å². The zero-order valence-corrected chi connectivity index (χ0v) is 10.7. The second-order valence-corrected chi connectivity index (χ2v) is 4.25. The number of nitrogens with two attached hydrogens (primary N) is 1. The van der Waals surface area contributed by atoms with Crippen LogP contribution in [0.4, 0.5) is 0 Å². The number of hydrogen-bond acceptors (Lipinski definition) is 7. The van der Waals surface area contributed by atoms with Crippen LogP contribution in [0.15, 0.2) is 35.2 Å². The predicted molar refractivity (Wildman–Crippen MR) is 68.4 cm³/mol. The van der Waals surface area contributed by atoms with Gasteiger partial charge in [0, 0.05) is 25.4 Å². The summed E-state index contributed by atoms with van der Waals surface area (Å²) in [5, 5.41) is 11.8. The van der Waals surface area contributed by atoms with Gasteiger partial charge in [-0.25, -0.2) is 4.68 Å². The Morgan fingerprint density at radius 3 is 3.05 bits per heavy atom. The zero-order chi connectivity index (χ0) is 13.8. The fourth-order valence-electron chi connectivity index (χ4n) is 1.76. The molecule has 0 spiro atoms. The van der Waals surface area contributed by atoms with E-state index >= 15 is 0 Å². The molecule has 3 rings (SSSR count). The van der Waals surface area contributed by atoms with Gasteiger partial charge in [-0.2, -0.15) is 4.98 Å². The summed E-state index contributed by atoms with van der Waals surface area (Å²) in [5.41, 5.74) is 7.23. The summed E-state index contributed by atoms with van der Waals surface area (Å²) in [6.45, 7) is 0.739. The third-order valence-electron chi connectivity index (χ3n) is 2.69. The minimum Gasteiger partial charge on any atom is -0.337 e. The first-order chi connectivity index (χ1) is 9.83. The first-order valence-electron chi connectivity index (χ1n) is 6.13. The van der Waals surface area contributed by atoms with E-state index in [1.54, 1.807) is 23.3 Å². The number of nitrogens with zero attached hydrogens (tertiary/aromatic N) is 6. The van der Waals surface area contributed by atoms with Crippen LogP contribution in [0.1, 0.15) is 23.0 Å². The van der Waals surface area contributed by atoms with Gasteiger partial charge in [0.25, 0.3) is 0 Å². The van der Waals surface area contributed by atoms with Gasteiger partial charge in [0.15, 0.2) is 5.82 Å². The highest BCUT2D eigenvalue weighted by atomic mass is 16.5. The van der Waals surface area contributed by atoms with E-state index in [4.69, 9.17) is 10.3 Å². The van der Waals surface area contributed by atoms with E-state index < -0.39 is 0 Å². The average molecular weight is 271 g/mol. The summed E-state index contributed by atoms with van der Waals surface area (Å²) in [6.07, 6.45) is 5.85. The van der Waals surface area contributed by atoms with Crippen molar-refractivity contribution in [3.05, 3.63) is 53.7 Å². The lowest BCUT2D eigenvalue weighted by molar-refractivity contribution is 0.360. The lowest BCUT2D eigenvalue weighted by Gasteiger charge is -1.94. The first-order valence-corrected chi connectivity index (χ1v) is 6.13. The number of rotatable bonds is 5. The van der Waals surface area contributed by atoms with Gasteiger partial charge in [-0.15, -0.1) is 5.10 Å². The lowest BCUT2D eigenvalue weighted by atomic mass is 10.2. The molecule has 0 unspecified atom stereocenters. The van der Waals surface area contributed by atoms with Crippen LogP contribution in [-0.2, 0) is 19.5 Å². The third-order valence-corrected chi connectivity index (χ3v) is 2.69. The summed E-state index contributed by atoms with van der Waals surface area (Å²) < 4.78 is 6.80. The SMILES string of the molecule is NCc1cn(Cc2nc(Cc3cccnc3)no2)nn1. The van der Waals surface area contributed by atoms with Crippen LogP contribution in [0.25, 0.3) is 0 Å². The van der Waals surface area contributed by atoms with E-state index in [1.165, 1.54) is 0 Å². The smallest absolute Gasteiger partial charge is 0.248 e. The molecule has 0 bridgehead atoms. The minimum atomic E-state index is 0.357. The van der Waals surface area contributed by atoms with Gasteiger partial charge in [-0.05, 0) is 11.6 Å². The van der Waals surface area contributed by atoms with Gasteiger partial charge in [-0.3, -0.25) is 4.98 Å². The fraction of sp³-hybridized carbons (Fsp3) is 0.250. The van der Waals surface area contributed by atoms with E-state index in [2.05, 4.69) is 25.4 Å². The van der Waals surface area contributed by atoms with Crippen molar-refractivity contribution >= 4 is 0 Å². The fourth-order valence-corrected chi connectivity index (χ4v) is 1.76. The lowest BCUT2D eigenvalue weighted by Crippen LogP contribution is -2.01. The van der Waals surface area contributed by atoms with E-state index in [1.807, 2.05) is 12.1 Å². The van der Waals surface area contributed by atoms with Gasteiger partial charge >= 0.3 is 0 Å². The van der Waals surface area contributed by atoms with Crippen molar-refractivity contribution in [1.82, 2.24) is 30.1 Å². The molecule has 0 saturated heterocycles. The van der Waals surface area contributed by atoms with Crippen LogP contribution in [0.2, 0.25) is 0 Å². The minimum absolute atomic E-state index is 0.357. The van der Waals surface area contributed by atoms with Crippen molar-refractivity contribution in [1.29, 1.82) is 0 Å². The maximum atomic E-state index is 5.47. The Kier molecular flexibility index (Phi) is 3.46. The second-order valence-electron chi connectivity index (χ2n) is 4.25. The largest absolute Gasteiger partial charge is 0.337 e. The van der Waals surface area contributed by atoms with Gasteiger partial charge in [0.2, 0.25) is 5.89 Å². The van der Waals surface area contributed by atoms with Gasteiger partial charge in [0.05, 0.1) is 11.9 Å². The molecule has 0 atom stereocenters. The first kappa shape index (κ1) is 12.4. The molecule has 102 valence electrons. The second kappa shape index (κ2) is 5.57. The molecule has 0 aliphatic rings. The molecule has 3 heterocycles. The molecule has 8 nitrogen and oxygen atoms in total. The number of aromatic nitrogens is 6. The maximum absolute atomic E-state index is 5.47. The van der Waals surface area contributed by atoms with Crippen molar-refractivity contribution < 1.29 is 4.52 Å². The highest BCUT2D eigenvalue weighted by molar-refractivity contribution is 5.13. The molecule has 0 aliphatic carbocycles. The molecule has 20 heavy (non-hydrogen) atoms. The summed E-state index contributed by atoms with van der Waals surface area (Å²) in [5.74, 6) is 1.10. The topological polar surface area (TPSA) is 109 Å². The van der Waals surface area contributed by atoms with Crippen molar-refractivity contribution in [2.45, 2.75) is 19.5 Å². The van der Waals surface area contributed by atoms with E-state index in [-0.39, 0.29) is 0 Å². The molecule has 2 N–H and O–H groups in total. The molecule has 0 fully saturated rings. The standard InChI is InChI=1S/C12H13N7O/c13-5-10-7-19(18-16-10)8-12-15-11(17-20-12)4-9-2-1-3-14-6-9/h1-3,6-7H,4-5,8,13H2. The molecule has 0 aliphatic heterocycles. The Bertz CT molecular complexity index is 676. The molecule has 0 amide bonds. The molecule has 0 aromatic carbocycles. The van der Waals surface area contributed by atoms with Crippen LogP contribution >= 0.6 is 0 Å². The zero-order valence-electron chi connectivity index (χ0n) is 10.7. The number of hydrogen-bond donors (Lipinski definition) is 1. The summed E-state index contributed by atoms with van der Waals surface area (Å²) in [7, 11) is 0. The molecule has 8 heteroatoms. The molecule has 0 saturated carbocycles. The Morgan fingerprint density at radius 1 is 1.35 bits per heavy atom. The molecule has 3 aromatic rings. The predicted octanol–water partition coefficient (Wildman–Crippen LogP) is 0.154. The van der Waals surface area contributed by atoms with Crippen molar-refractivity contribution in [2.24, 2.45) is 5.73 Å². The summed E-state index contributed by atoms with van der Waals surface area (Å²) in [6, 6.07) is 3.84. The molecule has 3 aromatic heterocycles. The van der Waals surface area contributed by atoms with Crippen LogP contribution in [-0.4, -0.2) is 30.1 Å². The maximum Gasteiger partial charge on any atom is 0.248 e. The molecular formula is C12H13N7O. The highest BCUT2D eigenvalue weighted by Crippen LogP contribution is 2.06. The third kappa shape index (κ3) is 2.86. The highest BCUT2D eigenvalue weighted by Gasteiger charge is 2.09. The van der Waals surface area contributed by atoms with Crippen molar-refractivity contribution in [2.75, 3.05) is 0 Å². The Balaban J connectivity index is 1.67. The Morgan fingerprint density at radius 2 is 2.30 bits per heavy atom. The Hall–Kier alpha value is -2.61. The van der Waals surface area contributed by atoms with E-state index in [0.717, 1.165) is 11.3 Å². The Labute approximate surface area is 114 Å². The van der Waals surface area contributed by atoms with Gasteiger partial charge in [-0.1, -0.05) is 16.4 Å². The average Bonchev–Trinajstić information content (AvgIpc) is 3.10. The molecule has 0 radical (unpaired) electrons. The van der Waals surface area contributed by atoms with Gasteiger partial charge in [0.1, 0.15) is 6.54 Å². The van der Waals surface area contributed by atoms with Crippen LogP contribution in [0.5, 0.6) is 0 Å². The number of pyridine rings is 1. The summed E-state index contributed by atoms with van der Waals surface area (Å²) in [4.78, 5) is 8.36. The normalized spacial score (nSPS) is 10.8. The molecular weight excluding hydrogens is 258 g/mol. The van der Waals surface area contributed by atoms with Crippen molar-refractivity contribution in [3.8, 4) is 0 Å². The monoisotopic (exact) mass is 271 g/mol. The van der Waals surface area contributed by atoms with Crippen molar-refractivity contribution in [3.63, 3.8) is 0 Å². The quantitative estimate of drug-likeness (QED) is 0.703. The van der Waals surface area contributed by atoms with E-state index in [0.29, 0.717) is 31.2 Å².